The molecule has 9 nitrogen and oxygen atoms in total. The molecule has 0 aliphatic rings. The molecule has 28 heavy (non-hydrogen) atoms. The number of carbonyl (C=O) groups excluding carboxylic acids is 3. The number of aromatic nitrogens is 1. The van der Waals surface area contributed by atoms with Crippen LogP contribution in [0, 0.1) is 13.8 Å². The Labute approximate surface area is 165 Å². The van der Waals surface area contributed by atoms with Gasteiger partial charge in [-0.25, -0.2) is 17.9 Å². The average Bonchev–Trinajstić information content (AvgIpc) is 2.92. The summed E-state index contributed by atoms with van der Waals surface area (Å²) in [4.78, 5) is 39.4. The van der Waals surface area contributed by atoms with Gasteiger partial charge in [-0.05, 0) is 39.7 Å². The summed E-state index contributed by atoms with van der Waals surface area (Å²) in [6.45, 7) is 7.80. The summed E-state index contributed by atoms with van der Waals surface area (Å²) >= 11 is 0. The first kappa shape index (κ1) is 23.8. The quantitative estimate of drug-likeness (QED) is 0.438. The zero-order valence-electron chi connectivity index (χ0n) is 17.0. The molecule has 0 fully saturated rings. The lowest BCUT2D eigenvalue weighted by molar-refractivity contribution is -0.147. The number of methoxy groups -OCH3 is 1. The van der Waals surface area contributed by atoms with Crippen LogP contribution in [0.4, 0.5) is 0 Å². The van der Waals surface area contributed by atoms with Gasteiger partial charge in [0.05, 0.1) is 24.1 Å². The Hall–Kier alpha value is -2.20. The highest BCUT2D eigenvalue weighted by molar-refractivity contribution is 7.89. The van der Waals surface area contributed by atoms with Gasteiger partial charge in [-0.15, -0.1) is 0 Å². The van der Waals surface area contributed by atoms with Crippen molar-refractivity contribution in [3.8, 4) is 0 Å². The third kappa shape index (κ3) is 5.90. The van der Waals surface area contributed by atoms with Crippen LogP contribution in [0.3, 0.4) is 0 Å². The molecule has 0 saturated carbocycles. The number of rotatable bonds is 10. The van der Waals surface area contributed by atoms with Crippen molar-refractivity contribution in [3.63, 3.8) is 0 Å². The van der Waals surface area contributed by atoms with Crippen LogP contribution in [0.1, 0.15) is 65.7 Å². The summed E-state index contributed by atoms with van der Waals surface area (Å²) in [5.74, 6) is -2.07. The minimum atomic E-state index is -3.61. The van der Waals surface area contributed by atoms with Crippen LogP contribution in [0.5, 0.6) is 0 Å². The van der Waals surface area contributed by atoms with Gasteiger partial charge in [0.1, 0.15) is 6.04 Å². The van der Waals surface area contributed by atoms with Gasteiger partial charge < -0.3 is 14.5 Å². The van der Waals surface area contributed by atoms with E-state index in [0.717, 1.165) is 0 Å². The highest BCUT2D eigenvalue weighted by atomic mass is 32.2. The summed E-state index contributed by atoms with van der Waals surface area (Å²) in [5, 5.41) is 0. The molecule has 0 saturated heterocycles. The number of esters is 2. The number of H-pyrrole nitrogens is 1. The number of Topliss-reactive ketones (excluding diaryl/α,β-unsaturated/α-hetero) is 1. The molecule has 1 heterocycles. The number of hydrogen-bond donors (Lipinski definition) is 2. The first-order valence-electron chi connectivity index (χ1n) is 8.97. The molecule has 0 radical (unpaired) electrons. The summed E-state index contributed by atoms with van der Waals surface area (Å²) in [6, 6.07) is -1.13. The molecule has 0 aromatic carbocycles. The maximum Gasteiger partial charge on any atom is 0.339 e. The number of hydrogen-bond acceptors (Lipinski definition) is 7. The van der Waals surface area contributed by atoms with E-state index in [-0.39, 0.29) is 17.0 Å². The highest BCUT2D eigenvalue weighted by Crippen LogP contribution is 2.21. The lowest BCUT2D eigenvalue weighted by atomic mass is 10.1. The maximum atomic E-state index is 12.6. The third-order valence-electron chi connectivity index (χ3n) is 4.21. The van der Waals surface area contributed by atoms with Crippen LogP contribution in [0.25, 0.3) is 0 Å². The average molecular weight is 416 g/mol. The maximum absolute atomic E-state index is 12.6. The lowest BCUT2D eigenvalue weighted by Crippen LogP contribution is -2.42. The molecule has 1 aromatic rings. The minimum absolute atomic E-state index is 0.0904. The molecule has 1 aromatic heterocycles. The van der Waals surface area contributed by atoms with E-state index in [1.807, 2.05) is 6.92 Å². The fourth-order valence-electron chi connectivity index (χ4n) is 2.65. The van der Waals surface area contributed by atoms with Gasteiger partial charge in [-0.1, -0.05) is 13.3 Å². The number of aromatic amines is 1. The van der Waals surface area contributed by atoms with Crippen LogP contribution < -0.4 is 4.72 Å². The van der Waals surface area contributed by atoms with E-state index >= 15 is 0 Å². The number of ketones is 1. The van der Waals surface area contributed by atoms with E-state index in [1.165, 1.54) is 21.0 Å². The standard InChI is InChI=1S/C18H28N2O7S/c1-7-8-9-28(24,25)20-12(4)17(22)27-13(5)16(21)15-10(2)14(11(3)19-15)18(23)26-6/h12-13,19-20H,7-9H2,1-6H3/t12-,13-/m0/s1. The fourth-order valence-corrected chi connectivity index (χ4v) is 4.07. The molecule has 158 valence electrons. The van der Waals surface area contributed by atoms with Crippen molar-refractivity contribution in [2.24, 2.45) is 0 Å². The second-order valence-corrected chi connectivity index (χ2v) is 8.45. The summed E-state index contributed by atoms with van der Waals surface area (Å²) in [5.41, 5.74) is 1.24. The fraction of sp³-hybridized carbons (Fsp3) is 0.611. The Morgan fingerprint density at radius 2 is 1.79 bits per heavy atom. The third-order valence-corrected chi connectivity index (χ3v) is 5.75. The molecular weight excluding hydrogens is 388 g/mol. The Balaban J connectivity index is 2.85. The van der Waals surface area contributed by atoms with E-state index in [2.05, 4.69) is 9.71 Å². The largest absolute Gasteiger partial charge is 0.465 e. The zero-order chi connectivity index (χ0) is 21.6. The van der Waals surface area contributed by atoms with E-state index in [9.17, 15) is 22.8 Å². The second kappa shape index (κ2) is 9.83. The SMILES string of the molecule is CCCCS(=O)(=O)N[C@@H](C)C(=O)O[C@@H](C)C(=O)c1[nH]c(C)c(C(=O)OC)c1C. The van der Waals surface area contributed by atoms with Crippen molar-refractivity contribution in [2.75, 3.05) is 12.9 Å². The van der Waals surface area contributed by atoms with Crippen molar-refractivity contribution in [2.45, 2.75) is 59.6 Å². The van der Waals surface area contributed by atoms with Gasteiger partial charge in [0.25, 0.3) is 0 Å². The van der Waals surface area contributed by atoms with E-state index in [1.54, 1.807) is 13.8 Å². The van der Waals surface area contributed by atoms with Crippen LogP contribution in [-0.4, -0.2) is 56.1 Å². The van der Waals surface area contributed by atoms with Gasteiger partial charge in [0.15, 0.2) is 6.10 Å². The first-order valence-corrected chi connectivity index (χ1v) is 10.6. The molecule has 0 spiro atoms. The molecular formula is C18H28N2O7S. The molecule has 10 heteroatoms. The molecule has 0 aliphatic carbocycles. The number of carbonyl (C=O) groups is 3. The number of nitrogens with one attached hydrogen (secondary N) is 2. The summed E-state index contributed by atoms with van der Waals surface area (Å²) in [6.07, 6.45) is 0.00520. The van der Waals surface area contributed by atoms with Crippen LogP contribution in [0.2, 0.25) is 0 Å². The molecule has 0 bridgehead atoms. The van der Waals surface area contributed by atoms with Gasteiger partial charge in [-0.3, -0.25) is 9.59 Å². The normalized spacial score (nSPS) is 13.6. The topological polar surface area (TPSA) is 132 Å². The molecule has 2 atom stereocenters. The smallest absolute Gasteiger partial charge is 0.339 e. The van der Waals surface area contributed by atoms with E-state index in [4.69, 9.17) is 9.47 Å². The zero-order valence-corrected chi connectivity index (χ0v) is 17.9. The van der Waals surface area contributed by atoms with Crippen LogP contribution >= 0.6 is 0 Å². The lowest BCUT2D eigenvalue weighted by Gasteiger charge is -2.17. The van der Waals surface area contributed by atoms with Gasteiger partial charge in [0.2, 0.25) is 15.8 Å². The first-order chi connectivity index (χ1) is 12.9. The Bertz CT molecular complexity index is 842. The minimum Gasteiger partial charge on any atom is -0.465 e. The van der Waals surface area contributed by atoms with Crippen LogP contribution in [-0.2, 0) is 24.3 Å². The second-order valence-electron chi connectivity index (χ2n) is 6.57. The number of ether oxygens (including phenoxy) is 2. The van der Waals surface area contributed by atoms with Gasteiger partial charge in [-0.2, -0.15) is 0 Å². The Morgan fingerprint density at radius 3 is 2.32 bits per heavy atom. The van der Waals surface area contributed by atoms with Crippen molar-refractivity contribution < 1.29 is 32.3 Å². The van der Waals surface area contributed by atoms with Crippen molar-refractivity contribution in [1.82, 2.24) is 9.71 Å². The van der Waals surface area contributed by atoms with E-state index in [0.29, 0.717) is 24.1 Å². The van der Waals surface area contributed by atoms with Gasteiger partial charge in [0, 0.05) is 5.69 Å². The molecule has 0 unspecified atom stereocenters. The molecule has 2 N–H and O–H groups in total. The number of sulfonamides is 1. The monoisotopic (exact) mass is 416 g/mol. The molecule has 0 amide bonds. The number of unbranched alkanes of at least 4 members (excludes halogenated alkanes) is 1. The Kier molecular flexibility index (Phi) is 8.37. The highest BCUT2D eigenvalue weighted by Gasteiger charge is 2.29. The van der Waals surface area contributed by atoms with Crippen molar-refractivity contribution in [1.29, 1.82) is 0 Å². The van der Waals surface area contributed by atoms with Gasteiger partial charge >= 0.3 is 11.9 Å². The molecule has 1 rings (SSSR count). The summed E-state index contributed by atoms with van der Waals surface area (Å²) < 4.78 is 35.8. The number of aryl methyl sites for hydroxylation is 1. The molecule has 0 aliphatic heterocycles. The summed E-state index contributed by atoms with van der Waals surface area (Å²) in [7, 11) is -2.37. The van der Waals surface area contributed by atoms with Crippen molar-refractivity contribution >= 4 is 27.7 Å². The van der Waals surface area contributed by atoms with Crippen LogP contribution in [0.15, 0.2) is 0 Å². The van der Waals surface area contributed by atoms with Crippen molar-refractivity contribution in [3.05, 3.63) is 22.5 Å². The Morgan fingerprint density at radius 1 is 1.18 bits per heavy atom. The van der Waals surface area contributed by atoms with E-state index < -0.39 is 39.9 Å². The predicted octanol–water partition coefficient (Wildman–Crippen LogP) is 1.64. The predicted molar refractivity (Wildman–Crippen MR) is 103 cm³/mol.